The fourth-order valence-electron chi connectivity index (χ4n) is 1.73. The van der Waals surface area contributed by atoms with Gasteiger partial charge in [-0.3, -0.25) is 9.00 Å². The van der Waals surface area contributed by atoms with Gasteiger partial charge in [-0.2, -0.15) is 0 Å². The highest BCUT2D eigenvalue weighted by atomic mass is 32.2. The third-order valence-electron chi connectivity index (χ3n) is 2.69. The third kappa shape index (κ3) is 3.06. The van der Waals surface area contributed by atoms with E-state index in [0.29, 0.717) is 30.6 Å². The van der Waals surface area contributed by atoms with Gasteiger partial charge >= 0.3 is 0 Å². The van der Waals surface area contributed by atoms with Crippen molar-refractivity contribution >= 4 is 27.1 Å². The van der Waals surface area contributed by atoms with Crippen molar-refractivity contribution in [2.75, 3.05) is 11.5 Å². The third-order valence-corrected chi connectivity index (χ3v) is 5.47. The monoisotopic (exact) mass is 291 g/mol. The van der Waals surface area contributed by atoms with Gasteiger partial charge in [0.25, 0.3) is 10.0 Å². The molecule has 6 nitrogen and oxygen atoms in total. The minimum Gasteiger partial charge on any atom is -0.440 e. The fraction of sp³-hybridized carbons (Fsp3) is 0.500. The van der Waals surface area contributed by atoms with Gasteiger partial charge < -0.3 is 4.42 Å². The lowest BCUT2D eigenvalue weighted by atomic mass is 10.2. The number of aldehydes is 1. The summed E-state index contributed by atoms with van der Waals surface area (Å²) in [6.45, 7) is 0. The Balaban J connectivity index is 2.07. The molecule has 0 unspecified atom stereocenters. The SMILES string of the molecule is O=Cc1ccc(S(=O)(=O)NC2CCS(=O)CC2)o1. The lowest BCUT2D eigenvalue weighted by Crippen LogP contribution is -2.39. The highest BCUT2D eigenvalue weighted by Gasteiger charge is 2.26. The lowest BCUT2D eigenvalue weighted by Gasteiger charge is -2.21. The molecule has 0 aromatic carbocycles. The Morgan fingerprint density at radius 3 is 2.56 bits per heavy atom. The molecule has 0 aliphatic carbocycles. The molecule has 0 saturated carbocycles. The molecular formula is C10H13NO5S2. The first-order chi connectivity index (χ1) is 8.51. The summed E-state index contributed by atoms with van der Waals surface area (Å²) in [6, 6.07) is 2.32. The zero-order valence-electron chi connectivity index (χ0n) is 9.50. The Hall–Kier alpha value is -0.990. The Labute approximate surface area is 107 Å². The van der Waals surface area contributed by atoms with Crippen LogP contribution in [0.4, 0.5) is 0 Å². The van der Waals surface area contributed by atoms with Crippen LogP contribution in [0, 0.1) is 0 Å². The molecule has 0 spiro atoms. The Kier molecular flexibility index (Phi) is 3.98. The van der Waals surface area contributed by atoms with Crippen LogP contribution in [0.5, 0.6) is 0 Å². The van der Waals surface area contributed by atoms with E-state index < -0.39 is 20.8 Å². The zero-order chi connectivity index (χ0) is 13.2. The van der Waals surface area contributed by atoms with Gasteiger partial charge in [-0.1, -0.05) is 0 Å². The molecule has 2 rings (SSSR count). The standard InChI is InChI=1S/C10H13NO5S2/c12-7-9-1-2-10(16-9)18(14,15)11-8-3-5-17(13)6-4-8/h1-2,7-8,11H,3-6H2. The summed E-state index contributed by atoms with van der Waals surface area (Å²) in [5.74, 6) is 0.982. The highest BCUT2D eigenvalue weighted by Crippen LogP contribution is 2.16. The van der Waals surface area contributed by atoms with Crippen molar-refractivity contribution in [1.29, 1.82) is 0 Å². The molecule has 1 aliphatic heterocycles. The molecule has 18 heavy (non-hydrogen) atoms. The average molecular weight is 291 g/mol. The molecule has 1 aromatic rings. The minimum absolute atomic E-state index is 0.0277. The van der Waals surface area contributed by atoms with E-state index in [1.54, 1.807) is 0 Å². The maximum absolute atomic E-state index is 11.9. The van der Waals surface area contributed by atoms with Crippen LogP contribution in [0.1, 0.15) is 23.4 Å². The van der Waals surface area contributed by atoms with Gasteiger partial charge in [-0.15, -0.1) is 0 Å². The number of rotatable bonds is 4. The molecule has 0 radical (unpaired) electrons. The maximum Gasteiger partial charge on any atom is 0.274 e. The molecule has 1 aliphatic rings. The first-order valence-corrected chi connectivity index (χ1v) is 8.41. The van der Waals surface area contributed by atoms with Crippen molar-refractivity contribution in [1.82, 2.24) is 4.72 Å². The van der Waals surface area contributed by atoms with Gasteiger partial charge in [-0.25, -0.2) is 13.1 Å². The van der Waals surface area contributed by atoms with Crippen molar-refractivity contribution in [2.45, 2.75) is 24.0 Å². The van der Waals surface area contributed by atoms with Crippen LogP contribution in [-0.2, 0) is 20.8 Å². The van der Waals surface area contributed by atoms with Crippen LogP contribution in [-0.4, -0.2) is 36.5 Å². The molecule has 100 valence electrons. The maximum atomic E-state index is 11.9. The van der Waals surface area contributed by atoms with E-state index >= 15 is 0 Å². The van der Waals surface area contributed by atoms with E-state index in [1.807, 2.05) is 0 Å². The summed E-state index contributed by atoms with van der Waals surface area (Å²) in [4.78, 5) is 10.4. The molecule has 1 fully saturated rings. The second-order valence-electron chi connectivity index (χ2n) is 4.02. The summed E-state index contributed by atoms with van der Waals surface area (Å²) < 4.78 is 42.4. The summed E-state index contributed by atoms with van der Waals surface area (Å²) in [5.41, 5.74) is 0. The number of nitrogens with one attached hydrogen (secondary N) is 1. The highest BCUT2D eigenvalue weighted by molar-refractivity contribution is 7.89. The zero-order valence-corrected chi connectivity index (χ0v) is 11.1. The van der Waals surface area contributed by atoms with Crippen LogP contribution in [0.25, 0.3) is 0 Å². The van der Waals surface area contributed by atoms with Crippen molar-refractivity contribution < 1.29 is 21.8 Å². The van der Waals surface area contributed by atoms with E-state index in [4.69, 9.17) is 4.42 Å². The predicted octanol–water partition coefficient (Wildman–Crippen LogP) is 0.282. The van der Waals surface area contributed by atoms with Gasteiger partial charge in [0.15, 0.2) is 12.0 Å². The second-order valence-corrected chi connectivity index (χ2v) is 7.36. The van der Waals surface area contributed by atoms with Crippen molar-refractivity contribution in [3.63, 3.8) is 0 Å². The molecule has 8 heteroatoms. The first kappa shape index (κ1) is 13.4. The van der Waals surface area contributed by atoms with Gasteiger partial charge in [-0.05, 0) is 25.0 Å². The van der Waals surface area contributed by atoms with Crippen molar-refractivity contribution in [3.05, 3.63) is 17.9 Å². The normalized spacial score (nSPS) is 24.9. The van der Waals surface area contributed by atoms with E-state index in [2.05, 4.69) is 4.72 Å². The molecular weight excluding hydrogens is 278 g/mol. The van der Waals surface area contributed by atoms with Crippen LogP contribution in [0.15, 0.2) is 21.6 Å². The number of carbonyl (C=O) groups is 1. The molecule has 0 atom stereocenters. The number of hydrogen-bond acceptors (Lipinski definition) is 5. The average Bonchev–Trinajstić information content (AvgIpc) is 2.81. The Morgan fingerprint density at radius 1 is 1.33 bits per heavy atom. The smallest absolute Gasteiger partial charge is 0.274 e. The summed E-state index contributed by atoms with van der Waals surface area (Å²) in [6.07, 6.45) is 1.54. The van der Waals surface area contributed by atoms with E-state index in [0.717, 1.165) is 0 Å². The lowest BCUT2D eigenvalue weighted by molar-refractivity contribution is 0.109. The molecule has 0 bridgehead atoms. The van der Waals surface area contributed by atoms with Gasteiger partial charge in [0.05, 0.1) is 0 Å². The number of hydrogen-bond donors (Lipinski definition) is 1. The molecule has 1 saturated heterocycles. The summed E-state index contributed by atoms with van der Waals surface area (Å²) in [5, 5.41) is -0.267. The van der Waals surface area contributed by atoms with E-state index in [9.17, 15) is 17.4 Å². The van der Waals surface area contributed by atoms with Crippen LogP contribution >= 0.6 is 0 Å². The van der Waals surface area contributed by atoms with Crippen LogP contribution in [0.2, 0.25) is 0 Å². The van der Waals surface area contributed by atoms with Gasteiger partial charge in [0.1, 0.15) is 0 Å². The van der Waals surface area contributed by atoms with Crippen LogP contribution < -0.4 is 4.72 Å². The molecule has 2 heterocycles. The van der Waals surface area contributed by atoms with Crippen LogP contribution in [0.3, 0.4) is 0 Å². The quantitative estimate of drug-likeness (QED) is 0.804. The number of furan rings is 1. The molecule has 1 N–H and O–H groups in total. The van der Waals surface area contributed by atoms with E-state index in [1.165, 1.54) is 12.1 Å². The predicted molar refractivity (Wildman–Crippen MR) is 65.3 cm³/mol. The molecule has 1 aromatic heterocycles. The topological polar surface area (TPSA) is 93.5 Å². The number of carbonyl (C=O) groups excluding carboxylic acids is 1. The largest absolute Gasteiger partial charge is 0.440 e. The fourth-order valence-corrected chi connectivity index (χ4v) is 4.27. The van der Waals surface area contributed by atoms with Gasteiger partial charge in [0.2, 0.25) is 5.09 Å². The second kappa shape index (κ2) is 5.33. The molecule has 0 amide bonds. The number of sulfonamides is 1. The summed E-state index contributed by atoms with van der Waals surface area (Å²) in [7, 11) is -4.58. The summed E-state index contributed by atoms with van der Waals surface area (Å²) >= 11 is 0. The minimum atomic E-state index is -3.74. The Morgan fingerprint density at radius 2 is 2.00 bits per heavy atom. The first-order valence-electron chi connectivity index (χ1n) is 5.43. The van der Waals surface area contributed by atoms with E-state index in [-0.39, 0.29) is 16.9 Å². The van der Waals surface area contributed by atoms with Gasteiger partial charge in [0, 0.05) is 28.3 Å². The van der Waals surface area contributed by atoms with Crippen molar-refractivity contribution in [3.8, 4) is 0 Å². The Bertz CT molecular complexity index is 553. The van der Waals surface area contributed by atoms with Crippen molar-refractivity contribution in [2.24, 2.45) is 0 Å².